The molecule has 0 unspecified atom stereocenters. The van der Waals surface area contributed by atoms with Crippen LogP contribution in [-0.2, 0) is 11.3 Å². The van der Waals surface area contributed by atoms with Crippen molar-refractivity contribution in [2.75, 3.05) is 19.0 Å². The Balaban J connectivity index is 1.65. The summed E-state index contributed by atoms with van der Waals surface area (Å²) in [6.07, 6.45) is 6.44. The lowest BCUT2D eigenvalue weighted by Gasteiger charge is -2.14. The number of rotatable bonds is 9. The Hall–Kier alpha value is -3.17. The van der Waals surface area contributed by atoms with Crippen molar-refractivity contribution in [3.8, 4) is 5.75 Å². The molecule has 1 aliphatic heterocycles. The van der Waals surface area contributed by atoms with Gasteiger partial charge in [0.1, 0.15) is 21.5 Å². The second kappa shape index (κ2) is 10.8. The van der Waals surface area contributed by atoms with E-state index in [1.807, 2.05) is 30.3 Å². The zero-order valence-corrected chi connectivity index (χ0v) is 20.7. The third-order valence-corrected chi connectivity index (χ3v) is 6.87. The molecule has 0 aliphatic carbocycles. The lowest BCUT2D eigenvalue weighted by molar-refractivity contribution is -0.122. The van der Waals surface area contributed by atoms with Crippen LogP contribution < -0.4 is 15.6 Å². The van der Waals surface area contributed by atoms with Gasteiger partial charge in [-0.05, 0) is 42.3 Å². The van der Waals surface area contributed by atoms with E-state index >= 15 is 0 Å². The maximum Gasteiger partial charge on any atom is 0.267 e. The molecular formula is C25H26N4O3S2. The number of thiocarbonyl (C=S) groups is 1. The first kappa shape index (κ1) is 24.0. The minimum atomic E-state index is -0.232. The Kier molecular flexibility index (Phi) is 7.64. The van der Waals surface area contributed by atoms with Gasteiger partial charge >= 0.3 is 0 Å². The molecule has 9 heteroatoms. The molecule has 1 N–H and O–H groups in total. The number of carbonyl (C=O) groups excluding carboxylic acids is 1. The molecule has 2 aromatic heterocycles. The molecule has 7 nitrogen and oxygen atoms in total. The lowest BCUT2D eigenvalue weighted by Crippen LogP contribution is -2.27. The van der Waals surface area contributed by atoms with Gasteiger partial charge in [-0.25, -0.2) is 4.98 Å². The molecule has 1 saturated heterocycles. The molecule has 1 amide bonds. The van der Waals surface area contributed by atoms with Gasteiger partial charge in [0.05, 0.1) is 24.1 Å². The van der Waals surface area contributed by atoms with Gasteiger partial charge in [0.25, 0.3) is 11.5 Å². The second-order valence-electron chi connectivity index (χ2n) is 7.86. The highest BCUT2D eigenvalue weighted by molar-refractivity contribution is 8.26. The van der Waals surface area contributed by atoms with Crippen LogP contribution >= 0.6 is 24.0 Å². The third-order valence-electron chi connectivity index (χ3n) is 5.49. The van der Waals surface area contributed by atoms with Crippen molar-refractivity contribution >= 4 is 51.7 Å². The number of carbonyl (C=O) groups is 1. The van der Waals surface area contributed by atoms with Crippen LogP contribution in [-0.4, -0.2) is 38.2 Å². The van der Waals surface area contributed by atoms with Crippen LogP contribution in [0.4, 0.5) is 5.82 Å². The van der Waals surface area contributed by atoms with Crippen LogP contribution in [0.1, 0.15) is 37.3 Å². The van der Waals surface area contributed by atoms with Crippen molar-refractivity contribution in [1.82, 2.24) is 14.3 Å². The SMILES string of the molecule is CCCCCNc1nc2ccccn2c(=O)c1C=C1SC(=S)N(Cc2ccc(OC)cc2)C1=O. The lowest BCUT2D eigenvalue weighted by atomic mass is 10.2. The van der Waals surface area contributed by atoms with E-state index in [0.717, 1.165) is 30.6 Å². The van der Waals surface area contributed by atoms with Gasteiger partial charge in [0.2, 0.25) is 0 Å². The molecule has 0 atom stereocenters. The van der Waals surface area contributed by atoms with E-state index < -0.39 is 0 Å². The summed E-state index contributed by atoms with van der Waals surface area (Å²) in [6, 6.07) is 12.9. The number of methoxy groups -OCH3 is 1. The summed E-state index contributed by atoms with van der Waals surface area (Å²) in [7, 11) is 1.61. The molecule has 3 heterocycles. The smallest absolute Gasteiger partial charge is 0.267 e. The molecule has 34 heavy (non-hydrogen) atoms. The molecular weight excluding hydrogens is 468 g/mol. The summed E-state index contributed by atoms with van der Waals surface area (Å²) in [5, 5.41) is 3.30. The van der Waals surface area contributed by atoms with E-state index in [1.54, 1.807) is 36.4 Å². The van der Waals surface area contributed by atoms with Crippen molar-refractivity contribution in [3.05, 3.63) is 75.0 Å². The summed E-state index contributed by atoms with van der Waals surface area (Å²) in [5.41, 5.74) is 1.60. The Morgan fingerprint density at radius 1 is 1.15 bits per heavy atom. The Morgan fingerprint density at radius 3 is 2.68 bits per heavy atom. The van der Waals surface area contributed by atoms with Crippen molar-refractivity contribution in [2.24, 2.45) is 0 Å². The molecule has 1 fully saturated rings. The molecule has 0 spiro atoms. The molecule has 3 aromatic rings. The number of unbranched alkanes of at least 4 members (excludes halogenated alkanes) is 2. The quantitative estimate of drug-likeness (QED) is 0.262. The Morgan fingerprint density at radius 2 is 1.94 bits per heavy atom. The van der Waals surface area contributed by atoms with Crippen molar-refractivity contribution in [3.63, 3.8) is 0 Å². The van der Waals surface area contributed by atoms with E-state index in [4.69, 9.17) is 17.0 Å². The number of hydrogen-bond acceptors (Lipinski definition) is 7. The number of thioether (sulfide) groups is 1. The Labute approximate surface area is 207 Å². The van der Waals surface area contributed by atoms with Gasteiger partial charge in [-0.1, -0.05) is 61.9 Å². The second-order valence-corrected chi connectivity index (χ2v) is 9.53. The number of fused-ring (bicyclic) bond motifs is 1. The molecule has 0 saturated carbocycles. The first-order chi connectivity index (χ1) is 16.5. The van der Waals surface area contributed by atoms with E-state index in [9.17, 15) is 9.59 Å². The van der Waals surface area contributed by atoms with Crippen molar-refractivity contribution < 1.29 is 9.53 Å². The fourth-order valence-electron chi connectivity index (χ4n) is 3.63. The van der Waals surface area contributed by atoms with E-state index in [0.29, 0.717) is 39.3 Å². The number of anilines is 1. The minimum absolute atomic E-state index is 0.222. The number of nitrogens with one attached hydrogen (secondary N) is 1. The molecule has 176 valence electrons. The zero-order chi connectivity index (χ0) is 24.1. The van der Waals surface area contributed by atoms with Crippen LogP contribution in [0, 0.1) is 0 Å². The monoisotopic (exact) mass is 494 g/mol. The predicted molar refractivity (Wildman–Crippen MR) is 141 cm³/mol. The maximum atomic E-state index is 13.3. The highest BCUT2D eigenvalue weighted by atomic mass is 32.2. The highest BCUT2D eigenvalue weighted by Crippen LogP contribution is 2.34. The number of aromatic nitrogens is 2. The molecule has 0 bridgehead atoms. The summed E-state index contributed by atoms with van der Waals surface area (Å²) < 4.78 is 7.14. The fourth-order valence-corrected chi connectivity index (χ4v) is 4.87. The number of benzene rings is 1. The first-order valence-electron chi connectivity index (χ1n) is 11.2. The topological polar surface area (TPSA) is 75.9 Å². The summed E-state index contributed by atoms with van der Waals surface area (Å²) in [6.45, 7) is 3.19. The number of nitrogens with zero attached hydrogens (tertiary/aromatic N) is 3. The van der Waals surface area contributed by atoms with E-state index in [2.05, 4.69) is 17.2 Å². The average Bonchev–Trinajstić information content (AvgIpc) is 3.11. The normalized spacial score (nSPS) is 14.9. The number of ether oxygens (including phenoxy) is 1. The standard InChI is InChI=1S/C25H26N4O3S2/c1-3-4-6-13-26-22-19(23(30)28-14-7-5-8-21(28)27-22)15-20-24(31)29(25(33)34-20)16-17-9-11-18(32-2)12-10-17/h5,7-12,14-15,26H,3-4,6,13,16H2,1-2H3. The van der Waals surface area contributed by atoms with Crippen molar-refractivity contribution in [1.29, 1.82) is 0 Å². The summed E-state index contributed by atoms with van der Waals surface area (Å²) in [4.78, 5) is 33.1. The summed E-state index contributed by atoms with van der Waals surface area (Å²) in [5.74, 6) is 1.00. The number of pyridine rings is 1. The van der Waals surface area contributed by atoms with Gasteiger partial charge < -0.3 is 10.1 Å². The molecule has 1 aliphatic rings. The molecule has 4 rings (SSSR count). The van der Waals surface area contributed by atoms with Gasteiger partial charge in [-0.3, -0.25) is 18.9 Å². The fraction of sp³-hybridized carbons (Fsp3) is 0.280. The number of hydrogen-bond donors (Lipinski definition) is 1. The van der Waals surface area contributed by atoms with Gasteiger partial charge in [0, 0.05) is 12.7 Å². The molecule has 0 radical (unpaired) electrons. The maximum absolute atomic E-state index is 13.3. The number of amides is 1. The van der Waals surface area contributed by atoms with E-state index in [1.165, 1.54) is 16.2 Å². The van der Waals surface area contributed by atoms with E-state index in [-0.39, 0.29) is 11.5 Å². The highest BCUT2D eigenvalue weighted by Gasteiger charge is 2.32. The van der Waals surface area contributed by atoms with Crippen LogP contribution in [0.2, 0.25) is 0 Å². The van der Waals surface area contributed by atoms with Crippen LogP contribution in [0.15, 0.2) is 58.4 Å². The Bertz CT molecular complexity index is 1300. The average molecular weight is 495 g/mol. The van der Waals surface area contributed by atoms with Crippen LogP contribution in [0.25, 0.3) is 11.7 Å². The van der Waals surface area contributed by atoms with Crippen molar-refractivity contribution in [2.45, 2.75) is 32.7 Å². The third kappa shape index (κ3) is 5.15. The van der Waals surface area contributed by atoms with Gasteiger partial charge in [-0.2, -0.15) is 0 Å². The molecule has 1 aromatic carbocycles. The first-order valence-corrected chi connectivity index (χ1v) is 12.4. The van der Waals surface area contributed by atoms with Gasteiger partial charge in [-0.15, -0.1) is 0 Å². The summed E-state index contributed by atoms with van der Waals surface area (Å²) >= 11 is 6.69. The van der Waals surface area contributed by atoms with Crippen LogP contribution in [0.5, 0.6) is 5.75 Å². The predicted octanol–water partition coefficient (Wildman–Crippen LogP) is 4.71. The zero-order valence-electron chi connectivity index (χ0n) is 19.1. The van der Waals surface area contributed by atoms with Crippen LogP contribution in [0.3, 0.4) is 0 Å². The largest absolute Gasteiger partial charge is 0.497 e. The minimum Gasteiger partial charge on any atom is -0.497 e. The van der Waals surface area contributed by atoms with Gasteiger partial charge in [0.15, 0.2) is 0 Å².